The summed E-state index contributed by atoms with van der Waals surface area (Å²) in [5.41, 5.74) is 8.85. The van der Waals surface area contributed by atoms with Gasteiger partial charge >= 0.3 is 0 Å². The summed E-state index contributed by atoms with van der Waals surface area (Å²) in [5.74, 6) is 0. The lowest BCUT2D eigenvalue weighted by Gasteiger charge is -2.31. The van der Waals surface area contributed by atoms with Gasteiger partial charge in [0.05, 0.1) is 5.69 Å². The SMILES string of the molecule is CC1=C(c2ccccc2C)CN(CCc2c(-c3ccccc3)nc3ccccn3c2=O)CC1. The molecule has 1 aliphatic rings. The van der Waals surface area contributed by atoms with Crippen LogP contribution in [0.2, 0.25) is 0 Å². The van der Waals surface area contributed by atoms with Crippen molar-refractivity contribution in [3.05, 3.63) is 112 Å². The Labute approximate surface area is 194 Å². The molecule has 0 saturated carbocycles. The molecule has 0 amide bonds. The summed E-state index contributed by atoms with van der Waals surface area (Å²) in [6.07, 6.45) is 3.55. The van der Waals surface area contributed by atoms with Gasteiger partial charge in [-0.2, -0.15) is 0 Å². The third-order valence-corrected chi connectivity index (χ3v) is 6.72. The molecule has 2 aromatic heterocycles. The maximum atomic E-state index is 13.5. The molecule has 33 heavy (non-hydrogen) atoms. The zero-order chi connectivity index (χ0) is 22.8. The summed E-state index contributed by atoms with van der Waals surface area (Å²) in [6, 6.07) is 24.4. The van der Waals surface area contributed by atoms with E-state index in [0.29, 0.717) is 12.1 Å². The Bertz CT molecular complexity index is 1390. The van der Waals surface area contributed by atoms with E-state index in [9.17, 15) is 4.79 Å². The van der Waals surface area contributed by atoms with E-state index >= 15 is 0 Å². The van der Waals surface area contributed by atoms with Crippen LogP contribution < -0.4 is 5.56 Å². The molecule has 166 valence electrons. The third-order valence-electron chi connectivity index (χ3n) is 6.72. The first-order valence-corrected chi connectivity index (χ1v) is 11.6. The van der Waals surface area contributed by atoms with E-state index in [2.05, 4.69) is 43.0 Å². The van der Waals surface area contributed by atoms with Crippen LogP contribution in [0.15, 0.2) is 89.4 Å². The Morgan fingerprint density at radius 1 is 0.909 bits per heavy atom. The number of pyridine rings is 1. The first kappa shape index (κ1) is 21.4. The van der Waals surface area contributed by atoms with E-state index in [0.717, 1.165) is 42.9 Å². The van der Waals surface area contributed by atoms with Crippen LogP contribution in [0.4, 0.5) is 0 Å². The minimum atomic E-state index is 0.0299. The smallest absolute Gasteiger partial charge is 0.261 e. The number of aryl methyl sites for hydroxylation is 1. The lowest BCUT2D eigenvalue weighted by atomic mass is 9.92. The van der Waals surface area contributed by atoms with Gasteiger partial charge in [-0.1, -0.05) is 66.2 Å². The van der Waals surface area contributed by atoms with Crippen molar-refractivity contribution in [2.45, 2.75) is 26.7 Å². The molecule has 0 unspecified atom stereocenters. The van der Waals surface area contributed by atoms with Gasteiger partial charge in [-0.05, 0) is 55.5 Å². The van der Waals surface area contributed by atoms with Crippen LogP contribution in [-0.2, 0) is 6.42 Å². The molecule has 0 N–H and O–H groups in total. The topological polar surface area (TPSA) is 37.6 Å². The molecule has 3 heterocycles. The number of rotatable bonds is 5. The van der Waals surface area contributed by atoms with Gasteiger partial charge in [0, 0.05) is 37.0 Å². The van der Waals surface area contributed by atoms with E-state index in [1.807, 2.05) is 54.7 Å². The predicted molar refractivity (Wildman–Crippen MR) is 135 cm³/mol. The standard InChI is InChI=1S/C29H29N3O/c1-21-10-6-7-13-24(21)26-20-31(18-15-22(26)2)19-16-25-28(23-11-4-3-5-12-23)30-27-14-8-9-17-32(27)29(25)33/h3-14,17H,15-16,18-20H2,1-2H3. The van der Waals surface area contributed by atoms with Gasteiger partial charge in [-0.3, -0.25) is 14.1 Å². The molecule has 0 spiro atoms. The molecule has 4 aromatic rings. The van der Waals surface area contributed by atoms with Gasteiger partial charge in [-0.15, -0.1) is 0 Å². The lowest BCUT2D eigenvalue weighted by molar-refractivity contribution is 0.303. The molecule has 0 fully saturated rings. The second-order valence-electron chi connectivity index (χ2n) is 8.89. The molecule has 4 nitrogen and oxygen atoms in total. The maximum Gasteiger partial charge on any atom is 0.261 e. The zero-order valence-electron chi connectivity index (χ0n) is 19.3. The molecule has 5 rings (SSSR count). The summed E-state index contributed by atoms with van der Waals surface area (Å²) in [7, 11) is 0. The van der Waals surface area contributed by atoms with E-state index < -0.39 is 0 Å². The first-order valence-electron chi connectivity index (χ1n) is 11.6. The highest BCUT2D eigenvalue weighted by atomic mass is 16.1. The molecule has 0 bridgehead atoms. The highest BCUT2D eigenvalue weighted by Gasteiger charge is 2.21. The number of nitrogens with zero attached hydrogens (tertiary/aromatic N) is 3. The van der Waals surface area contributed by atoms with Crippen LogP contribution in [0, 0.1) is 6.92 Å². The van der Waals surface area contributed by atoms with Gasteiger partial charge in [0.15, 0.2) is 0 Å². The Balaban J connectivity index is 1.46. The largest absolute Gasteiger partial charge is 0.298 e. The van der Waals surface area contributed by atoms with Crippen LogP contribution in [0.5, 0.6) is 0 Å². The number of hydrogen-bond acceptors (Lipinski definition) is 3. The fourth-order valence-electron chi connectivity index (χ4n) is 4.79. The summed E-state index contributed by atoms with van der Waals surface area (Å²) in [4.78, 5) is 20.8. The van der Waals surface area contributed by atoms with E-state index in [4.69, 9.17) is 4.98 Å². The van der Waals surface area contributed by atoms with Crippen LogP contribution in [0.25, 0.3) is 22.5 Å². The monoisotopic (exact) mass is 435 g/mol. The number of fused-ring (bicyclic) bond motifs is 1. The highest BCUT2D eigenvalue weighted by Crippen LogP contribution is 2.29. The van der Waals surface area contributed by atoms with Crippen molar-refractivity contribution in [3.63, 3.8) is 0 Å². The Morgan fingerprint density at radius 3 is 2.48 bits per heavy atom. The molecule has 0 atom stereocenters. The van der Waals surface area contributed by atoms with E-state index in [-0.39, 0.29) is 5.56 Å². The maximum absolute atomic E-state index is 13.5. The second-order valence-corrected chi connectivity index (χ2v) is 8.89. The molecule has 0 aliphatic carbocycles. The van der Waals surface area contributed by atoms with Gasteiger partial charge < -0.3 is 0 Å². The lowest BCUT2D eigenvalue weighted by Crippen LogP contribution is -2.34. The Hall–Kier alpha value is -3.50. The normalized spacial score (nSPS) is 14.7. The van der Waals surface area contributed by atoms with Crippen LogP contribution in [0.3, 0.4) is 0 Å². The summed E-state index contributed by atoms with van der Waals surface area (Å²) >= 11 is 0. The summed E-state index contributed by atoms with van der Waals surface area (Å²) < 4.78 is 1.67. The number of hydrogen-bond donors (Lipinski definition) is 0. The summed E-state index contributed by atoms with van der Waals surface area (Å²) in [6.45, 7) is 7.21. The molecule has 0 radical (unpaired) electrons. The minimum Gasteiger partial charge on any atom is -0.298 e. The zero-order valence-corrected chi connectivity index (χ0v) is 19.3. The van der Waals surface area contributed by atoms with Crippen molar-refractivity contribution in [2.75, 3.05) is 19.6 Å². The van der Waals surface area contributed by atoms with E-state index in [1.54, 1.807) is 4.40 Å². The predicted octanol–water partition coefficient (Wildman–Crippen LogP) is 5.39. The molecular formula is C29H29N3O. The van der Waals surface area contributed by atoms with Gasteiger partial charge in [-0.25, -0.2) is 4.98 Å². The molecule has 2 aromatic carbocycles. The fourth-order valence-corrected chi connectivity index (χ4v) is 4.79. The van der Waals surface area contributed by atoms with Crippen molar-refractivity contribution in [1.82, 2.24) is 14.3 Å². The fraction of sp³-hybridized carbons (Fsp3) is 0.241. The molecular weight excluding hydrogens is 406 g/mol. The van der Waals surface area contributed by atoms with E-state index in [1.165, 1.54) is 22.3 Å². The minimum absolute atomic E-state index is 0.0299. The highest BCUT2D eigenvalue weighted by molar-refractivity contribution is 5.72. The molecule has 4 heteroatoms. The first-order chi connectivity index (χ1) is 16.1. The third kappa shape index (κ3) is 4.27. The van der Waals surface area contributed by atoms with Crippen molar-refractivity contribution < 1.29 is 0 Å². The number of aromatic nitrogens is 2. The average molecular weight is 436 g/mol. The van der Waals surface area contributed by atoms with Gasteiger partial charge in [0.25, 0.3) is 5.56 Å². The summed E-state index contributed by atoms with van der Waals surface area (Å²) in [5, 5.41) is 0. The quantitative estimate of drug-likeness (QED) is 0.422. The average Bonchev–Trinajstić information content (AvgIpc) is 2.85. The molecule has 1 aliphatic heterocycles. The van der Waals surface area contributed by atoms with Gasteiger partial charge in [0.1, 0.15) is 5.65 Å². The van der Waals surface area contributed by atoms with Crippen molar-refractivity contribution in [2.24, 2.45) is 0 Å². The van der Waals surface area contributed by atoms with Crippen molar-refractivity contribution in [3.8, 4) is 11.3 Å². The number of benzene rings is 2. The van der Waals surface area contributed by atoms with Crippen LogP contribution >= 0.6 is 0 Å². The van der Waals surface area contributed by atoms with Crippen molar-refractivity contribution >= 4 is 11.2 Å². The Morgan fingerprint density at radius 2 is 1.67 bits per heavy atom. The van der Waals surface area contributed by atoms with Gasteiger partial charge in [0.2, 0.25) is 0 Å². The second kappa shape index (κ2) is 9.16. The molecule has 0 saturated heterocycles. The van der Waals surface area contributed by atoms with Crippen LogP contribution in [0.1, 0.15) is 30.0 Å². The Kier molecular flexibility index (Phi) is 5.93. The van der Waals surface area contributed by atoms with Crippen LogP contribution in [-0.4, -0.2) is 33.9 Å². The van der Waals surface area contributed by atoms with Crippen molar-refractivity contribution in [1.29, 1.82) is 0 Å².